The van der Waals surface area contributed by atoms with Crippen molar-refractivity contribution in [3.8, 4) is 0 Å². The minimum atomic E-state index is -0.194. The van der Waals surface area contributed by atoms with Crippen molar-refractivity contribution in [3.05, 3.63) is 59.9 Å². The predicted octanol–water partition coefficient (Wildman–Crippen LogP) is 2.34. The quantitative estimate of drug-likeness (QED) is 0.714. The Balaban J connectivity index is 1.42. The standard InChI is InChI=1S/C20H24N4O2/c25-19(8-5-16-9-11-22-12-16)23-13-15-3-6-18(7-4-15)24-20(26)17-2-1-10-21-14-17/h1-4,6-7,10,14,16,22H,5,8-9,11-13H2,(H,23,25)(H,24,26). The Labute approximate surface area is 153 Å². The molecule has 26 heavy (non-hydrogen) atoms. The zero-order chi connectivity index (χ0) is 18.2. The summed E-state index contributed by atoms with van der Waals surface area (Å²) in [5.74, 6) is 0.523. The van der Waals surface area contributed by atoms with Gasteiger partial charge in [0.05, 0.1) is 5.56 Å². The molecule has 1 aromatic carbocycles. The van der Waals surface area contributed by atoms with Gasteiger partial charge in [-0.1, -0.05) is 12.1 Å². The Morgan fingerprint density at radius 2 is 2.04 bits per heavy atom. The van der Waals surface area contributed by atoms with Gasteiger partial charge in [-0.3, -0.25) is 14.6 Å². The van der Waals surface area contributed by atoms with Crippen molar-refractivity contribution in [2.45, 2.75) is 25.8 Å². The smallest absolute Gasteiger partial charge is 0.257 e. The SMILES string of the molecule is O=C(CCC1CCNC1)NCc1ccc(NC(=O)c2cccnc2)cc1. The number of carbonyl (C=O) groups excluding carboxylic acids is 2. The van der Waals surface area contributed by atoms with Crippen LogP contribution in [-0.4, -0.2) is 29.9 Å². The number of hydrogen-bond donors (Lipinski definition) is 3. The Bertz CT molecular complexity index is 725. The molecule has 0 aliphatic carbocycles. The first kappa shape index (κ1) is 18.1. The van der Waals surface area contributed by atoms with Crippen LogP contribution in [0.4, 0.5) is 5.69 Å². The van der Waals surface area contributed by atoms with Gasteiger partial charge in [0.2, 0.25) is 5.91 Å². The van der Waals surface area contributed by atoms with Gasteiger partial charge in [-0.15, -0.1) is 0 Å². The number of nitrogens with one attached hydrogen (secondary N) is 3. The van der Waals surface area contributed by atoms with E-state index in [1.807, 2.05) is 24.3 Å². The minimum absolute atomic E-state index is 0.0888. The molecule has 0 bridgehead atoms. The lowest BCUT2D eigenvalue weighted by Gasteiger charge is -2.09. The average Bonchev–Trinajstić information content (AvgIpc) is 3.20. The van der Waals surface area contributed by atoms with E-state index in [0.717, 1.165) is 25.1 Å². The van der Waals surface area contributed by atoms with Crippen LogP contribution in [0, 0.1) is 5.92 Å². The molecule has 3 N–H and O–H groups in total. The summed E-state index contributed by atoms with van der Waals surface area (Å²) in [6.07, 6.45) is 5.84. The van der Waals surface area contributed by atoms with Crippen molar-refractivity contribution in [2.24, 2.45) is 5.92 Å². The van der Waals surface area contributed by atoms with Crippen LogP contribution in [0.5, 0.6) is 0 Å². The number of carbonyl (C=O) groups is 2. The van der Waals surface area contributed by atoms with E-state index >= 15 is 0 Å². The molecule has 1 aliphatic rings. The highest BCUT2D eigenvalue weighted by Crippen LogP contribution is 2.14. The van der Waals surface area contributed by atoms with Crippen molar-refractivity contribution < 1.29 is 9.59 Å². The molecule has 0 radical (unpaired) electrons. The number of amides is 2. The Kier molecular flexibility index (Phi) is 6.33. The van der Waals surface area contributed by atoms with Crippen LogP contribution in [-0.2, 0) is 11.3 Å². The van der Waals surface area contributed by atoms with Gasteiger partial charge < -0.3 is 16.0 Å². The van der Waals surface area contributed by atoms with E-state index in [1.54, 1.807) is 18.3 Å². The maximum atomic E-state index is 12.1. The summed E-state index contributed by atoms with van der Waals surface area (Å²) in [4.78, 5) is 28.0. The zero-order valence-electron chi connectivity index (χ0n) is 14.7. The third-order valence-electron chi connectivity index (χ3n) is 4.57. The molecule has 3 rings (SSSR count). The fraction of sp³-hybridized carbons (Fsp3) is 0.350. The summed E-state index contributed by atoms with van der Waals surface area (Å²) >= 11 is 0. The van der Waals surface area contributed by atoms with E-state index in [9.17, 15) is 9.59 Å². The Morgan fingerprint density at radius 1 is 1.19 bits per heavy atom. The van der Waals surface area contributed by atoms with Gasteiger partial charge >= 0.3 is 0 Å². The van der Waals surface area contributed by atoms with E-state index in [2.05, 4.69) is 20.9 Å². The molecule has 1 unspecified atom stereocenters. The monoisotopic (exact) mass is 352 g/mol. The fourth-order valence-corrected chi connectivity index (χ4v) is 2.99. The van der Waals surface area contributed by atoms with E-state index in [1.165, 1.54) is 12.6 Å². The minimum Gasteiger partial charge on any atom is -0.352 e. The first-order valence-electron chi connectivity index (χ1n) is 8.98. The van der Waals surface area contributed by atoms with Gasteiger partial charge in [-0.2, -0.15) is 0 Å². The number of rotatable bonds is 7. The second-order valence-corrected chi connectivity index (χ2v) is 6.57. The number of pyridine rings is 1. The maximum Gasteiger partial charge on any atom is 0.257 e. The van der Waals surface area contributed by atoms with Crippen molar-refractivity contribution in [1.82, 2.24) is 15.6 Å². The topological polar surface area (TPSA) is 83.1 Å². The molecule has 2 heterocycles. The molecule has 1 aliphatic heterocycles. The molecule has 1 fully saturated rings. The van der Waals surface area contributed by atoms with Gasteiger partial charge in [0.25, 0.3) is 5.91 Å². The zero-order valence-corrected chi connectivity index (χ0v) is 14.7. The lowest BCUT2D eigenvalue weighted by Crippen LogP contribution is -2.23. The molecular formula is C20H24N4O2. The van der Waals surface area contributed by atoms with Crippen LogP contribution in [0.3, 0.4) is 0 Å². The molecule has 1 aromatic heterocycles. The van der Waals surface area contributed by atoms with Crippen LogP contribution < -0.4 is 16.0 Å². The highest BCUT2D eigenvalue weighted by Gasteiger charge is 2.15. The third kappa shape index (κ3) is 5.39. The molecular weight excluding hydrogens is 328 g/mol. The van der Waals surface area contributed by atoms with Crippen molar-refractivity contribution in [2.75, 3.05) is 18.4 Å². The molecule has 6 heteroatoms. The molecule has 0 spiro atoms. The summed E-state index contributed by atoms with van der Waals surface area (Å²) in [7, 11) is 0. The molecule has 0 saturated carbocycles. The third-order valence-corrected chi connectivity index (χ3v) is 4.57. The molecule has 2 aromatic rings. The molecule has 1 saturated heterocycles. The Morgan fingerprint density at radius 3 is 2.73 bits per heavy atom. The van der Waals surface area contributed by atoms with Gasteiger partial charge in [-0.25, -0.2) is 0 Å². The first-order valence-corrected chi connectivity index (χ1v) is 8.98. The average molecular weight is 352 g/mol. The highest BCUT2D eigenvalue weighted by molar-refractivity contribution is 6.03. The summed E-state index contributed by atoms with van der Waals surface area (Å²) in [6.45, 7) is 2.59. The molecule has 1 atom stereocenters. The van der Waals surface area contributed by atoms with Crippen LogP contribution in [0.1, 0.15) is 35.2 Å². The summed E-state index contributed by atoms with van der Waals surface area (Å²) in [6, 6.07) is 10.9. The lowest BCUT2D eigenvalue weighted by atomic mass is 10.0. The molecule has 6 nitrogen and oxygen atoms in total. The number of anilines is 1. The Hall–Kier alpha value is -2.73. The van der Waals surface area contributed by atoms with Crippen molar-refractivity contribution >= 4 is 17.5 Å². The van der Waals surface area contributed by atoms with Gasteiger partial charge in [-0.05, 0) is 61.7 Å². The van der Waals surface area contributed by atoms with Gasteiger partial charge in [0, 0.05) is 31.0 Å². The van der Waals surface area contributed by atoms with Crippen molar-refractivity contribution in [3.63, 3.8) is 0 Å². The fourth-order valence-electron chi connectivity index (χ4n) is 2.99. The number of aromatic nitrogens is 1. The highest BCUT2D eigenvalue weighted by atomic mass is 16.2. The van der Waals surface area contributed by atoms with Crippen LogP contribution in [0.2, 0.25) is 0 Å². The molecule has 2 amide bonds. The molecule has 136 valence electrons. The van der Waals surface area contributed by atoms with E-state index in [0.29, 0.717) is 30.1 Å². The van der Waals surface area contributed by atoms with E-state index in [4.69, 9.17) is 0 Å². The summed E-state index contributed by atoms with van der Waals surface area (Å²) in [5.41, 5.74) is 2.23. The second-order valence-electron chi connectivity index (χ2n) is 6.57. The lowest BCUT2D eigenvalue weighted by molar-refractivity contribution is -0.121. The van der Waals surface area contributed by atoms with Crippen LogP contribution >= 0.6 is 0 Å². The van der Waals surface area contributed by atoms with Crippen LogP contribution in [0.25, 0.3) is 0 Å². The first-order chi connectivity index (χ1) is 12.7. The van der Waals surface area contributed by atoms with E-state index in [-0.39, 0.29) is 11.8 Å². The van der Waals surface area contributed by atoms with Gasteiger partial charge in [0.1, 0.15) is 0 Å². The van der Waals surface area contributed by atoms with Crippen molar-refractivity contribution in [1.29, 1.82) is 0 Å². The second kappa shape index (κ2) is 9.10. The number of benzene rings is 1. The number of hydrogen-bond acceptors (Lipinski definition) is 4. The summed E-state index contributed by atoms with van der Waals surface area (Å²) < 4.78 is 0. The van der Waals surface area contributed by atoms with Gasteiger partial charge in [0.15, 0.2) is 0 Å². The number of nitrogens with zero attached hydrogens (tertiary/aromatic N) is 1. The predicted molar refractivity (Wildman–Crippen MR) is 101 cm³/mol. The summed E-state index contributed by atoms with van der Waals surface area (Å²) in [5, 5.41) is 9.10. The maximum absolute atomic E-state index is 12.1. The van der Waals surface area contributed by atoms with Crippen LogP contribution in [0.15, 0.2) is 48.8 Å². The largest absolute Gasteiger partial charge is 0.352 e. The normalized spacial score (nSPS) is 16.2. The van der Waals surface area contributed by atoms with E-state index < -0.39 is 0 Å².